The fourth-order valence-corrected chi connectivity index (χ4v) is 4.37. The molecule has 2 saturated heterocycles. The van der Waals surface area contributed by atoms with Crippen molar-refractivity contribution in [1.29, 1.82) is 0 Å². The number of methoxy groups -OCH3 is 1. The van der Waals surface area contributed by atoms with Gasteiger partial charge in [-0.05, 0) is 24.7 Å². The average Bonchev–Trinajstić information content (AvgIpc) is 2.80. The number of para-hydroxylation sites is 1. The van der Waals surface area contributed by atoms with Crippen molar-refractivity contribution in [2.45, 2.75) is 12.6 Å². The van der Waals surface area contributed by atoms with E-state index in [1.54, 1.807) is 7.11 Å². The standard InChI is InChI=1S/C24H31N3O3/c1-25-11-12-27(18-22(25)21-9-5-6-10-23(21)29-2)24(28)20-8-4-3-7-19(20)17-26-13-15-30-16-14-26/h3-10,22H,11-18H2,1-2H3. The van der Waals surface area contributed by atoms with Crippen molar-refractivity contribution in [1.82, 2.24) is 14.7 Å². The molecule has 2 aromatic carbocycles. The van der Waals surface area contributed by atoms with Gasteiger partial charge in [-0.15, -0.1) is 0 Å². The van der Waals surface area contributed by atoms with Crippen LogP contribution in [-0.4, -0.2) is 80.7 Å². The second-order valence-corrected chi connectivity index (χ2v) is 8.04. The van der Waals surface area contributed by atoms with Crippen LogP contribution in [0.25, 0.3) is 0 Å². The Morgan fingerprint density at radius 2 is 1.77 bits per heavy atom. The third kappa shape index (κ3) is 4.51. The van der Waals surface area contributed by atoms with Gasteiger partial charge < -0.3 is 14.4 Å². The number of hydrogen-bond donors (Lipinski definition) is 0. The van der Waals surface area contributed by atoms with Crippen LogP contribution < -0.4 is 4.74 Å². The minimum atomic E-state index is 0.116. The molecule has 0 saturated carbocycles. The zero-order valence-electron chi connectivity index (χ0n) is 17.9. The fraction of sp³-hybridized carbons (Fsp3) is 0.458. The van der Waals surface area contributed by atoms with E-state index in [1.807, 2.05) is 41.3 Å². The Morgan fingerprint density at radius 1 is 1.03 bits per heavy atom. The molecule has 0 aliphatic carbocycles. The summed E-state index contributed by atoms with van der Waals surface area (Å²) < 4.78 is 11.0. The second kappa shape index (κ2) is 9.60. The number of carbonyl (C=O) groups is 1. The van der Waals surface area contributed by atoms with Crippen LogP contribution >= 0.6 is 0 Å². The van der Waals surface area contributed by atoms with Gasteiger partial charge in [-0.1, -0.05) is 36.4 Å². The molecule has 1 atom stereocenters. The average molecular weight is 410 g/mol. The van der Waals surface area contributed by atoms with Crippen LogP contribution in [0, 0.1) is 0 Å². The quantitative estimate of drug-likeness (QED) is 0.760. The number of likely N-dealkylation sites (N-methyl/N-ethyl adjacent to an activating group) is 1. The fourth-order valence-electron chi connectivity index (χ4n) is 4.37. The molecule has 0 radical (unpaired) electrons. The van der Waals surface area contributed by atoms with Gasteiger partial charge in [0.1, 0.15) is 5.75 Å². The van der Waals surface area contributed by atoms with Gasteiger partial charge in [-0.2, -0.15) is 0 Å². The van der Waals surface area contributed by atoms with Crippen molar-refractivity contribution in [2.75, 3.05) is 60.1 Å². The van der Waals surface area contributed by atoms with Crippen LogP contribution in [0.2, 0.25) is 0 Å². The topological polar surface area (TPSA) is 45.3 Å². The van der Waals surface area contributed by atoms with Crippen LogP contribution in [-0.2, 0) is 11.3 Å². The summed E-state index contributed by atoms with van der Waals surface area (Å²) in [5.41, 5.74) is 3.03. The van der Waals surface area contributed by atoms with Crippen LogP contribution in [0.1, 0.15) is 27.5 Å². The van der Waals surface area contributed by atoms with E-state index in [9.17, 15) is 4.79 Å². The molecular weight excluding hydrogens is 378 g/mol. The molecule has 30 heavy (non-hydrogen) atoms. The Morgan fingerprint density at radius 3 is 2.57 bits per heavy atom. The molecule has 2 aliphatic rings. The van der Waals surface area contributed by atoms with Gasteiger partial charge >= 0.3 is 0 Å². The number of hydrogen-bond acceptors (Lipinski definition) is 5. The largest absolute Gasteiger partial charge is 0.496 e. The van der Waals surface area contributed by atoms with Crippen molar-refractivity contribution in [3.8, 4) is 5.75 Å². The highest BCUT2D eigenvalue weighted by atomic mass is 16.5. The van der Waals surface area contributed by atoms with E-state index in [1.165, 1.54) is 0 Å². The summed E-state index contributed by atoms with van der Waals surface area (Å²) in [4.78, 5) is 20.2. The molecule has 0 spiro atoms. The van der Waals surface area contributed by atoms with Gasteiger partial charge in [0.15, 0.2) is 0 Å². The molecule has 0 N–H and O–H groups in total. The van der Waals surface area contributed by atoms with Gasteiger partial charge in [0.05, 0.1) is 26.4 Å². The maximum atomic E-state index is 13.5. The van der Waals surface area contributed by atoms with Crippen LogP contribution in [0.15, 0.2) is 48.5 Å². The van der Waals surface area contributed by atoms with E-state index in [0.29, 0.717) is 6.54 Å². The summed E-state index contributed by atoms with van der Waals surface area (Å²) in [6, 6.07) is 16.2. The van der Waals surface area contributed by atoms with E-state index < -0.39 is 0 Å². The van der Waals surface area contributed by atoms with E-state index in [2.05, 4.69) is 29.0 Å². The predicted molar refractivity (Wildman–Crippen MR) is 117 cm³/mol. The predicted octanol–water partition coefficient (Wildman–Crippen LogP) is 2.66. The molecule has 1 amide bonds. The minimum absolute atomic E-state index is 0.116. The molecule has 6 heteroatoms. The molecule has 0 bridgehead atoms. The number of morpholine rings is 1. The SMILES string of the molecule is COc1ccccc1C1CN(C(=O)c2ccccc2CN2CCOCC2)CCN1C. The van der Waals surface area contributed by atoms with E-state index in [4.69, 9.17) is 9.47 Å². The van der Waals surface area contributed by atoms with Gasteiger partial charge in [-0.25, -0.2) is 0 Å². The number of amides is 1. The molecule has 2 heterocycles. The molecule has 2 fully saturated rings. The maximum absolute atomic E-state index is 13.5. The Hall–Kier alpha value is -2.41. The summed E-state index contributed by atoms with van der Waals surface area (Å²) >= 11 is 0. The van der Waals surface area contributed by atoms with Gasteiger partial charge in [0.2, 0.25) is 0 Å². The summed E-state index contributed by atoms with van der Waals surface area (Å²) in [5.74, 6) is 0.989. The zero-order valence-corrected chi connectivity index (χ0v) is 17.9. The lowest BCUT2D eigenvalue weighted by atomic mass is 10.00. The smallest absolute Gasteiger partial charge is 0.254 e. The summed E-state index contributed by atoms with van der Waals surface area (Å²) in [5, 5.41) is 0. The van der Waals surface area contributed by atoms with Crippen LogP contribution in [0.3, 0.4) is 0 Å². The van der Waals surface area contributed by atoms with Gasteiger partial charge in [-0.3, -0.25) is 14.6 Å². The van der Waals surface area contributed by atoms with E-state index in [0.717, 1.165) is 68.4 Å². The lowest BCUT2D eigenvalue weighted by molar-refractivity contribution is 0.0338. The Labute approximate surface area is 179 Å². The normalized spacial score (nSPS) is 20.9. The van der Waals surface area contributed by atoms with Crippen molar-refractivity contribution < 1.29 is 14.3 Å². The van der Waals surface area contributed by atoms with Crippen molar-refractivity contribution in [3.05, 3.63) is 65.2 Å². The first-order valence-corrected chi connectivity index (χ1v) is 10.7. The number of carbonyl (C=O) groups excluding carboxylic acids is 1. The molecular formula is C24H31N3O3. The zero-order chi connectivity index (χ0) is 20.9. The highest BCUT2D eigenvalue weighted by molar-refractivity contribution is 5.95. The molecule has 4 rings (SSSR count). The maximum Gasteiger partial charge on any atom is 0.254 e. The molecule has 1 unspecified atom stereocenters. The third-order valence-electron chi connectivity index (χ3n) is 6.18. The third-order valence-corrected chi connectivity index (χ3v) is 6.18. The summed E-state index contributed by atoms with van der Waals surface area (Å²) in [6.07, 6.45) is 0. The highest BCUT2D eigenvalue weighted by Gasteiger charge is 2.31. The first-order valence-electron chi connectivity index (χ1n) is 10.7. The lowest BCUT2D eigenvalue weighted by Crippen LogP contribution is -2.49. The van der Waals surface area contributed by atoms with E-state index in [-0.39, 0.29) is 11.9 Å². The van der Waals surface area contributed by atoms with Gasteiger partial charge in [0.25, 0.3) is 5.91 Å². The summed E-state index contributed by atoms with van der Waals surface area (Å²) in [7, 11) is 3.82. The molecule has 2 aromatic rings. The van der Waals surface area contributed by atoms with Crippen molar-refractivity contribution in [2.24, 2.45) is 0 Å². The Balaban J connectivity index is 1.53. The Kier molecular flexibility index (Phi) is 6.67. The summed E-state index contributed by atoms with van der Waals surface area (Å²) in [6.45, 7) is 6.34. The monoisotopic (exact) mass is 409 g/mol. The van der Waals surface area contributed by atoms with Gasteiger partial charge in [0, 0.05) is 50.4 Å². The number of piperazine rings is 1. The van der Waals surface area contributed by atoms with Crippen molar-refractivity contribution in [3.63, 3.8) is 0 Å². The number of nitrogens with zero attached hydrogens (tertiary/aromatic N) is 3. The first kappa shape index (κ1) is 20.8. The molecule has 160 valence electrons. The number of rotatable bonds is 5. The first-order chi connectivity index (χ1) is 14.7. The Bertz CT molecular complexity index is 866. The highest BCUT2D eigenvalue weighted by Crippen LogP contribution is 2.31. The van der Waals surface area contributed by atoms with Crippen molar-refractivity contribution >= 4 is 5.91 Å². The van der Waals surface area contributed by atoms with Crippen LogP contribution in [0.4, 0.5) is 0 Å². The molecule has 6 nitrogen and oxygen atoms in total. The lowest BCUT2D eigenvalue weighted by Gasteiger charge is -2.40. The number of benzene rings is 2. The molecule has 0 aromatic heterocycles. The minimum Gasteiger partial charge on any atom is -0.496 e. The molecule has 2 aliphatic heterocycles. The van der Waals surface area contributed by atoms with Crippen LogP contribution in [0.5, 0.6) is 5.75 Å². The second-order valence-electron chi connectivity index (χ2n) is 8.04. The number of ether oxygens (including phenoxy) is 2. The van der Waals surface area contributed by atoms with E-state index >= 15 is 0 Å².